The highest BCUT2D eigenvalue weighted by atomic mass is 32.1. The third kappa shape index (κ3) is 2.35. The molecular formula is C14H17NS2. The van der Waals surface area contributed by atoms with Crippen molar-refractivity contribution in [1.29, 1.82) is 0 Å². The van der Waals surface area contributed by atoms with E-state index in [1.807, 2.05) is 0 Å². The van der Waals surface area contributed by atoms with E-state index in [2.05, 4.69) is 61.9 Å². The monoisotopic (exact) mass is 263 g/mol. The molecule has 0 fully saturated rings. The fourth-order valence-corrected chi connectivity index (χ4v) is 3.18. The summed E-state index contributed by atoms with van der Waals surface area (Å²) in [5.41, 5.74) is 3.84. The second kappa shape index (κ2) is 4.39. The quantitative estimate of drug-likeness (QED) is 0.664. The number of aromatic nitrogens is 1. The first-order chi connectivity index (χ1) is 7.91. The third-order valence-corrected chi connectivity index (χ3v) is 4.02. The molecule has 0 amide bonds. The van der Waals surface area contributed by atoms with E-state index >= 15 is 0 Å². The molecule has 1 nitrogen and oxygen atoms in total. The Kier molecular flexibility index (Phi) is 3.23. The Hall–Kier alpha value is -0.930. The first-order valence-corrected chi connectivity index (χ1v) is 6.97. The van der Waals surface area contributed by atoms with Crippen LogP contribution in [0.15, 0.2) is 29.6 Å². The SMILES string of the molecule is Cc1ccccc1-n1c(C(C)(C)C)csc1=S. The van der Waals surface area contributed by atoms with E-state index in [0.29, 0.717) is 0 Å². The zero-order valence-electron chi connectivity index (χ0n) is 10.7. The Bertz CT molecular complexity index is 585. The van der Waals surface area contributed by atoms with Crippen LogP contribution in [0, 0.1) is 10.9 Å². The molecular weight excluding hydrogens is 246 g/mol. The van der Waals surface area contributed by atoms with Crippen LogP contribution in [-0.2, 0) is 5.41 Å². The van der Waals surface area contributed by atoms with Gasteiger partial charge < -0.3 is 0 Å². The molecule has 0 aliphatic rings. The van der Waals surface area contributed by atoms with Gasteiger partial charge in [-0.25, -0.2) is 0 Å². The van der Waals surface area contributed by atoms with Crippen molar-refractivity contribution in [2.75, 3.05) is 0 Å². The second-order valence-electron chi connectivity index (χ2n) is 5.26. The van der Waals surface area contributed by atoms with Crippen LogP contribution in [0.1, 0.15) is 32.0 Å². The summed E-state index contributed by atoms with van der Waals surface area (Å²) in [7, 11) is 0. The van der Waals surface area contributed by atoms with Crippen molar-refractivity contribution in [3.8, 4) is 5.69 Å². The Morgan fingerprint density at radius 3 is 2.41 bits per heavy atom. The van der Waals surface area contributed by atoms with E-state index in [4.69, 9.17) is 12.2 Å². The van der Waals surface area contributed by atoms with Crippen LogP contribution in [-0.4, -0.2) is 4.57 Å². The third-order valence-electron chi connectivity index (χ3n) is 2.82. The van der Waals surface area contributed by atoms with E-state index in [-0.39, 0.29) is 5.41 Å². The molecule has 0 saturated heterocycles. The predicted octanol–water partition coefficient (Wildman–Crippen LogP) is 4.87. The lowest BCUT2D eigenvalue weighted by atomic mass is 9.92. The molecule has 0 atom stereocenters. The smallest absolute Gasteiger partial charge is 0.165 e. The molecule has 0 radical (unpaired) electrons. The second-order valence-corrected chi connectivity index (χ2v) is 6.76. The molecule has 2 rings (SSSR count). The topological polar surface area (TPSA) is 4.93 Å². The van der Waals surface area contributed by atoms with E-state index in [9.17, 15) is 0 Å². The van der Waals surface area contributed by atoms with Crippen molar-refractivity contribution < 1.29 is 0 Å². The van der Waals surface area contributed by atoms with Gasteiger partial charge in [-0.3, -0.25) is 4.57 Å². The first-order valence-electron chi connectivity index (χ1n) is 5.68. The molecule has 1 heterocycles. The highest BCUT2D eigenvalue weighted by Gasteiger charge is 2.20. The number of para-hydroxylation sites is 1. The van der Waals surface area contributed by atoms with Crippen LogP contribution in [0.4, 0.5) is 0 Å². The molecule has 17 heavy (non-hydrogen) atoms. The van der Waals surface area contributed by atoms with Gasteiger partial charge in [-0.15, -0.1) is 11.3 Å². The van der Waals surface area contributed by atoms with Crippen molar-refractivity contribution >= 4 is 23.6 Å². The van der Waals surface area contributed by atoms with Crippen LogP contribution in [0.2, 0.25) is 0 Å². The van der Waals surface area contributed by atoms with Crippen LogP contribution in [0.3, 0.4) is 0 Å². The molecule has 0 spiro atoms. The normalized spacial score (nSPS) is 11.8. The zero-order valence-corrected chi connectivity index (χ0v) is 12.3. The largest absolute Gasteiger partial charge is 0.295 e. The molecule has 0 unspecified atom stereocenters. The number of benzene rings is 1. The summed E-state index contributed by atoms with van der Waals surface area (Å²) >= 11 is 7.10. The fraction of sp³-hybridized carbons (Fsp3) is 0.357. The predicted molar refractivity (Wildman–Crippen MR) is 77.9 cm³/mol. The average molecular weight is 263 g/mol. The maximum absolute atomic E-state index is 5.46. The van der Waals surface area contributed by atoms with E-state index < -0.39 is 0 Å². The van der Waals surface area contributed by atoms with Crippen molar-refractivity contribution in [1.82, 2.24) is 4.57 Å². The van der Waals surface area contributed by atoms with E-state index in [1.54, 1.807) is 11.3 Å². The van der Waals surface area contributed by atoms with Crippen LogP contribution >= 0.6 is 23.6 Å². The maximum atomic E-state index is 5.46. The summed E-state index contributed by atoms with van der Waals surface area (Å²) in [5.74, 6) is 0. The lowest BCUT2D eigenvalue weighted by Crippen LogP contribution is -2.17. The minimum absolute atomic E-state index is 0.107. The summed E-state index contributed by atoms with van der Waals surface area (Å²) < 4.78 is 3.12. The van der Waals surface area contributed by atoms with Crippen LogP contribution in [0.25, 0.3) is 5.69 Å². The summed E-state index contributed by atoms with van der Waals surface area (Å²) in [6, 6.07) is 8.38. The number of rotatable bonds is 1. The van der Waals surface area contributed by atoms with Crippen molar-refractivity contribution in [3.05, 3.63) is 44.9 Å². The molecule has 0 aliphatic heterocycles. The van der Waals surface area contributed by atoms with E-state index in [0.717, 1.165) is 3.95 Å². The molecule has 0 saturated carbocycles. The van der Waals surface area contributed by atoms with Gasteiger partial charge in [0.2, 0.25) is 0 Å². The molecule has 2 aromatic rings. The molecule has 0 aliphatic carbocycles. The summed E-state index contributed by atoms with van der Waals surface area (Å²) in [6.07, 6.45) is 0. The Labute approximate surface area is 112 Å². The van der Waals surface area contributed by atoms with Gasteiger partial charge in [0.1, 0.15) is 0 Å². The van der Waals surface area contributed by atoms with Gasteiger partial charge in [-0.1, -0.05) is 39.0 Å². The van der Waals surface area contributed by atoms with Gasteiger partial charge >= 0.3 is 0 Å². The highest BCUT2D eigenvalue weighted by molar-refractivity contribution is 7.73. The fourth-order valence-electron chi connectivity index (χ4n) is 1.86. The molecule has 3 heteroatoms. The maximum Gasteiger partial charge on any atom is 0.165 e. The van der Waals surface area contributed by atoms with Crippen LogP contribution < -0.4 is 0 Å². The summed E-state index contributed by atoms with van der Waals surface area (Å²) in [5, 5.41) is 2.18. The molecule has 1 aromatic carbocycles. The molecule has 90 valence electrons. The number of thiazole rings is 1. The van der Waals surface area contributed by atoms with Gasteiger partial charge in [-0.05, 0) is 30.8 Å². The lowest BCUT2D eigenvalue weighted by molar-refractivity contribution is 0.555. The molecule has 0 bridgehead atoms. The minimum Gasteiger partial charge on any atom is -0.295 e. The average Bonchev–Trinajstić information content (AvgIpc) is 2.60. The van der Waals surface area contributed by atoms with Gasteiger partial charge in [0.15, 0.2) is 3.95 Å². The number of hydrogen-bond donors (Lipinski definition) is 0. The molecule has 0 N–H and O–H groups in total. The molecule has 1 aromatic heterocycles. The number of hydrogen-bond acceptors (Lipinski definition) is 2. The van der Waals surface area contributed by atoms with Gasteiger partial charge in [0.05, 0.1) is 5.69 Å². The minimum atomic E-state index is 0.107. The summed E-state index contributed by atoms with van der Waals surface area (Å²) in [4.78, 5) is 0. The van der Waals surface area contributed by atoms with Gasteiger partial charge in [0.25, 0.3) is 0 Å². The Morgan fingerprint density at radius 1 is 1.18 bits per heavy atom. The van der Waals surface area contributed by atoms with Gasteiger partial charge in [-0.2, -0.15) is 0 Å². The standard InChI is InChI=1S/C14H17NS2/c1-10-7-5-6-8-11(10)15-12(14(2,3)4)9-17-13(15)16/h5-9H,1-4H3. The number of aryl methyl sites for hydroxylation is 1. The van der Waals surface area contributed by atoms with E-state index in [1.165, 1.54) is 16.9 Å². The first kappa shape index (κ1) is 12.5. The van der Waals surface area contributed by atoms with Gasteiger partial charge in [0, 0.05) is 16.5 Å². The van der Waals surface area contributed by atoms with Crippen molar-refractivity contribution in [3.63, 3.8) is 0 Å². The Morgan fingerprint density at radius 2 is 1.82 bits per heavy atom. The highest BCUT2D eigenvalue weighted by Crippen LogP contribution is 2.29. The zero-order chi connectivity index (χ0) is 12.6. The van der Waals surface area contributed by atoms with Crippen LogP contribution in [0.5, 0.6) is 0 Å². The Balaban J connectivity index is 2.73. The lowest BCUT2D eigenvalue weighted by Gasteiger charge is -2.21. The van der Waals surface area contributed by atoms with Crippen molar-refractivity contribution in [2.24, 2.45) is 0 Å². The number of nitrogens with zero attached hydrogens (tertiary/aromatic N) is 1. The summed E-state index contributed by atoms with van der Waals surface area (Å²) in [6.45, 7) is 8.79. The van der Waals surface area contributed by atoms with Crippen molar-refractivity contribution in [2.45, 2.75) is 33.1 Å².